The van der Waals surface area contributed by atoms with Gasteiger partial charge < -0.3 is 9.84 Å². The predicted octanol–water partition coefficient (Wildman–Crippen LogP) is 3.50. The number of carbonyl (C=O) groups is 1. The standard InChI is InChI=1S/C19H21Cl2NO5S/c1-28(25,26)22(7-8-27-18-12-16(20)11-17(21)13-18)6-5-14-3-2-4-15(9-14)10-19(23)24/h2-4,9,11-13H,5-8,10H2,1H3,(H,23,24). The second-order valence-corrected chi connectivity index (χ2v) is 9.11. The van der Waals surface area contributed by atoms with Crippen LogP contribution in [0, 0.1) is 0 Å². The van der Waals surface area contributed by atoms with Gasteiger partial charge in [-0.25, -0.2) is 8.42 Å². The Balaban J connectivity index is 1.96. The number of benzene rings is 2. The van der Waals surface area contributed by atoms with Crippen molar-refractivity contribution in [3.05, 3.63) is 63.6 Å². The van der Waals surface area contributed by atoms with Gasteiger partial charge in [-0.2, -0.15) is 4.31 Å². The highest BCUT2D eigenvalue weighted by molar-refractivity contribution is 7.88. The van der Waals surface area contributed by atoms with Crippen molar-refractivity contribution in [2.24, 2.45) is 0 Å². The first kappa shape index (κ1) is 22.5. The third-order valence-electron chi connectivity index (χ3n) is 3.91. The zero-order chi connectivity index (χ0) is 20.7. The van der Waals surface area contributed by atoms with Gasteiger partial charge in [-0.1, -0.05) is 47.5 Å². The lowest BCUT2D eigenvalue weighted by Gasteiger charge is -2.20. The monoisotopic (exact) mass is 445 g/mol. The number of hydrogen-bond acceptors (Lipinski definition) is 4. The van der Waals surface area contributed by atoms with Crippen LogP contribution in [0.4, 0.5) is 0 Å². The summed E-state index contributed by atoms with van der Waals surface area (Å²) in [5, 5.41) is 9.76. The maximum Gasteiger partial charge on any atom is 0.307 e. The number of rotatable bonds is 10. The first-order chi connectivity index (χ1) is 13.1. The van der Waals surface area contributed by atoms with Crippen LogP contribution < -0.4 is 4.74 Å². The van der Waals surface area contributed by atoms with Gasteiger partial charge in [0.25, 0.3) is 0 Å². The van der Waals surface area contributed by atoms with E-state index in [2.05, 4.69) is 0 Å². The number of halogens is 2. The number of nitrogens with zero attached hydrogens (tertiary/aromatic N) is 1. The summed E-state index contributed by atoms with van der Waals surface area (Å²) in [6.07, 6.45) is 1.54. The van der Waals surface area contributed by atoms with Crippen LogP contribution in [-0.2, 0) is 27.7 Å². The molecule has 6 nitrogen and oxygen atoms in total. The molecule has 0 atom stereocenters. The van der Waals surface area contributed by atoms with Crippen LogP contribution >= 0.6 is 23.2 Å². The van der Waals surface area contributed by atoms with Gasteiger partial charge >= 0.3 is 5.97 Å². The molecule has 2 aromatic rings. The molecular weight excluding hydrogens is 425 g/mol. The summed E-state index contributed by atoms with van der Waals surface area (Å²) in [6, 6.07) is 11.9. The summed E-state index contributed by atoms with van der Waals surface area (Å²) in [5.74, 6) is -0.444. The van der Waals surface area contributed by atoms with Crippen molar-refractivity contribution >= 4 is 39.2 Å². The molecule has 0 aromatic heterocycles. The molecule has 28 heavy (non-hydrogen) atoms. The number of ether oxygens (including phenoxy) is 1. The Morgan fingerprint density at radius 2 is 1.71 bits per heavy atom. The fourth-order valence-corrected chi connectivity index (χ4v) is 3.98. The second kappa shape index (κ2) is 10.1. The van der Waals surface area contributed by atoms with Crippen molar-refractivity contribution in [3.63, 3.8) is 0 Å². The second-order valence-electron chi connectivity index (χ2n) is 6.26. The number of hydrogen-bond donors (Lipinski definition) is 1. The van der Waals surface area contributed by atoms with E-state index in [0.717, 1.165) is 11.8 Å². The van der Waals surface area contributed by atoms with E-state index in [0.29, 0.717) is 27.8 Å². The summed E-state index contributed by atoms with van der Waals surface area (Å²) in [6.45, 7) is 0.565. The molecule has 0 saturated carbocycles. The van der Waals surface area contributed by atoms with Gasteiger partial charge in [0.1, 0.15) is 12.4 Å². The number of carboxylic acid groups (broad SMARTS) is 1. The van der Waals surface area contributed by atoms with E-state index in [1.807, 2.05) is 6.07 Å². The minimum Gasteiger partial charge on any atom is -0.492 e. The molecular formula is C19H21Cl2NO5S. The molecule has 0 spiro atoms. The third-order valence-corrected chi connectivity index (χ3v) is 5.65. The van der Waals surface area contributed by atoms with E-state index in [1.165, 1.54) is 4.31 Å². The summed E-state index contributed by atoms with van der Waals surface area (Å²) in [7, 11) is -3.43. The maximum absolute atomic E-state index is 12.1. The smallest absolute Gasteiger partial charge is 0.307 e. The van der Waals surface area contributed by atoms with Crippen molar-refractivity contribution in [1.29, 1.82) is 0 Å². The lowest BCUT2D eigenvalue weighted by atomic mass is 10.1. The highest BCUT2D eigenvalue weighted by atomic mass is 35.5. The predicted molar refractivity (Wildman–Crippen MR) is 110 cm³/mol. The number of aliphatic carboxylic acids is 1. The van der Waals surface area contributed by atoms with Gasteiger partial charge in [0.05, 0.1) is 12.7 Å². The van der Waals surface area contributed by atoms with E-state index < -0.39 is 16.0 Å². The van der Waals surface area contributed by atoms with E-state index in [1.54, 1.807) is 36.4 Å². The minimum absolute atomic E-state index is 0.0698. The molecule has 0 saturated heterocycles. The molecule has 2 aromatic carbocycles. The Bertz CT molecular complexity index is 913. The van der Waals surface area contributed by atoms with E-state index in [9.17, 15) is 13.2 Å². The molecule has 0 unspecified atom stereocenters. The number of carboxylic acids is 1. The van der Waals surface area contributed by atoms with Crippen LogP contribution in [0.3, 0.4) is 0 Å². The minimum atomic E-state index is -3.43. The molecule has 0 aliphatic carbocycles. The molecule has 0 bridgehead atoms. The maximum atomic E-state index is 12.1. The van der Waals surface area contributed by atoms with Crippen molar-refractivity contribution < 1.29 is 23.1 Å². The average molecular weight is 446 g/mol. The summed E-state index contributed by atoms with van der Waals surface area (Å²) >= 11 is 11.8. The Labute approximate surface area is 174 Å². The van der Waals surface area contributed by atoms with Crippen LogP contribution in [0.1, 0.15) is 11.1 Å². The largest absolute Gasteiger partial charge is 0.492 e. The van der Waals surface area contributed by atoms with Gasteiger partial charge in [0.15, 0.2) is 0 Å². The molecule has 0 fully saturated rings. The molecule has 0 amide bonds. The Morgan fingerprint density at radius 1 is 1.07 bits per heavy atom. The normalized spacial score (nSPS) is 11.6. The lowest BCUT2D eigenvalue weighted by Crippen LogP contribution is -2.35. The molecule has 0 radical (unpaired) electrons. The lowest BCUT2D eigenvalue weighted by molar-refractivity contribution is -0.136. The Kier molecular flexibility index (Phi) is 8.12. The zero-order valence-electron chi connectivity index (χ0n) is 15.3. The Morgan fingerprint density at radius 3 is 2.32 bits per heavy atom. The van der Waals surface area contributed by atoms with Gasteiger partial charge in [-0.3, -0.25) is 4.79 Å². The van der Waals surface area contributed by atoms with E-state index in [4.69, 9.17) is 33.0 Å². The highest BCUT2D eigenvalue weighted by Crippen LogP contribution is 2.24. The van der Waals surface area contributed by atoms with E-state index >= 15 is 0 Å². The van der Waals surface area contributed by atoms with Gasteiger partial charge in [-0.05, 0) is 35.7 Å². The summed E-state index contributed by atoms with van der Waals surface area (Å²) in [4.78, 5) is 10.8. The summed E-state index contributed by atoms with van der Waals surface area (Å²) in [5.41, 5.74) is 1.55. The molecule has 9 heteroatoms. The van der Waals surface area contributed by atoms with Crippen molar-refractivity contribution in [1.82, 2.24) is 4.31 Å². The molecule has 1 N–H and O–H groups in total. The quantitative estimate of drug-likeness (QED) is 0.604. The fourth-order valence-electron chi connectivity index (χ4n) is 2.64. The topological polar surface area (TPSA) is 83.9 Å². The fraction of sp³-hybridized carbons (Fsp3) is 0.316. The number of sulfonamides is 1. The highest BCUT2D eigenvalue weighted by Gasteiger charge is 2.16. The SMILES string of the molecule is CS(=O)(=O)N(CCOc1cc(Cl)cc(Cl)c1)CCc1cccc(CC(=O)O)c1. The van der Waals surface area contributed by atoms with Crippen LogP contribution in [0.2, 0.25) is 10.0 Å². The van der Waals surface area contributed by atoms with Crippen molar-refractivity contribution in [3.8, 4) is 5.75 Å². The van der Waals surface area contributed by atoms with Gasteiger partial charge in [-0.15, -0.1) is 0 Å². The van der Waals surface area contributed by atoms with Crippen LogP contribution in [0.15, 0.2) is 42.5 Å². The van der Waals surface area contributed by atoms with E-state index in [-0.39, 0.29) is 26.1 Å². The molecule has 0 aliphatic rings. The first-order valence-electron chi connectivity index (χ1n) is 8.47. The molecule has 2 rings (SSSR count). The van der Waals surface area contributed by atoms with Crippen LogP contribution in [-0.4, -0.2) is 49.8 Å². The van der Waals surface area contributed by atoms with Crippen molar-refractivity contribution in [2.75, 3.05) is 26.0 Å². The zero-order valence-corrected chi connectivity index (χ0v) is 17.6. The van der Waals surface area contributed by atoms with Gasteiger partial charge in [0, 0.05) is 23.1 Å². The molecule has 0 heterocycles. The average Bonchev–Trinajstić information content (AvgIpc) is 2.55. The first-order valence-corrected chi connectivity index (χ1v) is 11.1. The molecule has 152 valence electrons. The molecule has 0 aliphatic heterocycles. The Hall–Kier alpha value is -1.80. The van der Waals surface area contributed by atoms with Gasteiger partial charge in [0.2, 0.25) is 10.0 Å². The van der Waals surface area contributed by atoms with Crippen LogP contribution in [0.25, 0.3) is 0 Å². The third kappa shape index (κ3) is 7.67. The summed E-state index contributed by atoms with van der Waals surface area (Å²) < 4.78 is 31.0. The van der Waals surface area contributed by atoms with Crippen LogP contribution in [0.5, 0.6) is 5.75 Å². The van der Waals surface area contributed by atoms with Crippen molar-refractivity contribution in [2.45, 2.75) is 12.8 Å².